The number of pyridine rings is 1. The Labute approximate surface area is 134 Å². The van der Waals surface area contributed by atoms with Crippen molar-refractivity contribution in [2.24, 2.45) is 0 Å². The Bertz CT molecular complexity index is 580. The first-order chi connectivity index (χ1) is 10.8. The van der Waals surface area contributed by atoms with E-state index < -0.39 is 0 Å². The summed E-state index contributed by atoms with van der Waals surface area (Å²) in [5.74, 6) is 0.146. The van der Waals surface area contributed by atoms with Crippen LogP contribution in [0.3, 0.4) is 0 Å². The van der Waals surface area contributed by atoms with Gasteiger partial charge in [-0.25, -0.2) is 0 Å². The second kappa shape index (κ2) is 7.51. The first-order valence-corrected chi connectivity index (χ1v) is 8.55. The Morgan fingerprint density at radius 1 is 1.32 bits per heavy atom. The number of amides is 1. The summed E-state index contributed by atoms with van der Waals surface area (Å²) in [6, 6.07) is 5.87. The number of carbonyl (C=O) groups excluding carboxylic acids is 1. The van der Waals surface area contributed by atoms with Crippen molar-refractivity contribution in [3.05, 3.63) is 52.5 Å². The minimum absolute atomic E-state index is 0.146. The van der Waals surface area contributed by atoms with Gasteiger partial charge < -0.3 is 9.64 Å². The molecule has 1 saturated heterocycles. The zero-order valence-electron chi connectivity index (χ0n) is 12.5. The third kappa shape index (κ3) is 4.15. The van der Waals surface area contributed by atoms with E-state index in [1.54, 1.807) is 23.7 Å². The average molecular weight is 316 g/mol. The second-order valence-corrected chi connectivity index (χ2v) is 6.35. The number of rotatable bonds is 6. The summed E-state index contributed by atoms with van der Waals surface area (Å²) < 4.78 is 5.70. The predicted molar refractivity (Wildman–Crippen MR) is 86.7 cm³/mol. The summed E-state index contributed by atoms with van der Waals surface area (Å²) in [7, 11) is 0. The molecule has 0 spiro atoms. The number of ether oxygens (including phenoxy) is 1. The highest BCUT2D eigenvalue weighted by atomic mass is 32.1. The van der Waals surface area contributed by atoms with E-state index in [1.165, 1.54) is 5.56 Å². The van der Waals surface area contributed by atoms with Crippen molar-refractivity contribution in [2.75, 3.05) is 13.2 Å². The fourth-order valence-corrected chi connectivity index (χ4v) is 3.34. The maximum Gasteiger partial charge on any atom is 0.227 e. The van der Waals surface area contributed by atoms with Crippen LogP contribution in [0.1, 0.15) is 24.0 Å². The van der Waals surface area contributed by atoms with Gasteiger partial charge in [-0.2, -0.15) is 11.3 Å². The number of thiophene rings is 1. The molecule has 0 bridgehead atoms. The highest BCUT2D eigenvalue weighted by Crippen LogP contribution is 2.17. The second-order valence-electron chi connectivity index (χ2n) is 5.57. The molecule has 5 heteroatoms. The molecule has 0 aliphatic carbocycles. The van der Waals surface area contributed by atoms with E-state index in [9.17, 15) is 4.79 Å². The van der Waals surface area contributed by atoms with Crippen LogP contribution in [-0.2, 0) is 22.5 Å². The van der Waals surface area contributed by atoms with Crippen LogP contribution in [0.25, 0.3) is 0 Å². The molecule has 1 aliphatic rings. The largest absolute Gasteiger partial charge is 0.376 e. The van der Waals surface area contributed by atoms with Crippen LogP contribution >= 0.6 is 11.3 Å². The van der Waals surface area contributed by atoms with Gasteiger partial charge in [0.25, 0.3) is 0 Å². The molecule has 0 N–H and O–H groups in total. The standard InChI is InChI=1S/C17H20N2O2S/c20-17(10-14-3-6-18-7-4-14)19(11-15-5-9-22-13-15)12-16-2-1-8-21-16/h3-7,9,13,16H,1-2,8,10-12H2/t16-/m1/s1. The van der Waals surface area contributed by atoms with Gasteiger partial charge in [-0.15, -0.1) is 0 Å². The molecule has 22 heavy (non-hydrogen) atoms. The molecular weight excluding hydrogens is 296 g/mol. The van der Waals surface area contributed by atoms with E-state index in [0.717, 1.165) is 25.0 Å². The van der Waals surface area contributed by atoms with Crippen molar-refractivity contribution in [2.45, 2.75) is 31.9 Å². The normalized spacial score (nSPS) is 17.5. The van der Waals surface area contributed by atoms with Crippen molar-refractivity contribution in [3.63, 3.8) is 0 Å². The lowest BCUT2D eigenvalue weighted by atomic mass is 10.1. The SMILES string of the molecule is O=C(Cc1ccncc1)N(Cc1ccsc1)C[C@H]1CCCO1. The van der Waals surface area contributed by atoms with E-state index in [4.69, 9.17) is 4.74 Å². The molecular formula is C17H20N2O2S. The van der Waals surface area contributed by atoms with Crippen LogP contribution in [0.2, 0.25) is 0 Å². The smallest absolute Gasteiger partial charge is 0.227 e. The molecule has 1 aliphatic heterocycles. The van der Waals surface area contributed by atoms with Crippen LogP contribution in [0.4, 0.5) is 0 Å². The summed E-state index contributed by atoms with van der Waals surface area (Å²) in [4.78, 5) is 18.6. The lowest BCUT2D eigenvalue weighted by Gasteiger charge is -2.25. The van der Waals surface area contributed by atoms with Gasteiger partial charge in [0.2, 0.25) is 5.91 Å². The maximum atomic E-state index is 12.7. The zero-order valence-corrected chi connectivity index (χ0v) is 13.3. The lowest BCUT2D eigenvalue weighted by molar-refractivity contribution is -0.132. The molecule has 0 saturated carbocycles. The Balaban J connectivity index is 1.67. The molecule has 1 atom stereocenters. The Kier molecular flexibility index (Phi) is 5.19. The van der Waals surface area contributed by atoms with Crippen LogP contribution < -0.4 is 0 Å². The highest BCUT2D eigenvalue weighted by Gasteiger charge is 2.23. The molecule has 4 nitrogen and oxygen atoms in total. The monoisotopic (exact) mass is 316 g/mol. The van der Waals surface area contributed by atoms with Crippen molar-refractivity contribution >= 4 is 17.2 Å². The number of hydrogen-bond donors (Lipinski definition) is 0. The minimum Gasteiger partial charge on any atom is -0.376 e. The summed E-state index contributed by atoms with van der Waals surface area (Å²) in [5, 5.41) is 4.15. The van der Waals surface area contributed by atoms with Crippen molar-refractivity contribution in [1.29, 1.82) is 0 Å². The van der Waals surface area contributed by atoms with Gasteiger partial charge in [-0.1, -0.05) is 0 Å². The number of aromatic nitrogens is 1. The minimum atomic E-state index is 0.146. The van der Waals surface area contributed by atoms with E-state index in [-0.39, 0.29) is 12.0 Å². The molecule has 1 fully saturated rings. The van der Waals surface area contributed by atoms with Gasteiger partial charge in [-0.3, -0.25) is 9.78 Å². The van der Waals surface area contributed by atoms with Crippen LogP contribution in [0.5, 0.6) is 0 Å². The summed E-state index contributed by atoms with van der Waals surface area (Å²) >= 11 is 1.66. The topological polar surface area (TPSA) is 42.4 Å². The summed E-state index contributed by atoms with van der Waals surface area (Å²) in [6.45, 7) is 2.16. The summed E-state index contributed by atoms with van der Waals surface area (Å²) in [6.07, 6.45) is 6.19. The molecule has 2 aromatic heterocycles. The van der Waals surface area contributed by atoms with Gasteiger partial charge in [-0.05, 0) is 52.9 Å². The van der Waals surface area contributed by atoms with Gasteiger partial charge in [0.15, 0.2) is 0 Å². The first-order valence-electron chi connectivity index (χ1n) is 7.60. The van der Waals surface area contributed by atoms with E-state index in [1.807, 2.05) is 22.4 Å². The average Bonchev–Trinajstić information content (AvgIpc) is 3.21. The first kappa shape index (κ1) is 15.2. The van der Waals surface area contributed by atoms with Crippen LogP contribution in [0.15, 0.2) is 41.4 Å². The molecule has 0 radical (unpaired) electrons. The van der Waals surface area contributed by atoms with Gasteiger partial charge in [0.05, 0.1) is 12.5 Å². The van der Waals surface area contributed by atoms with E-state index in [0.29, 0.717) is 19.5 Å². The molecule has 2 aromatic rings. The Morgan fingerprint density at radius 2 is 2.18 bits per heavy atom. The van der Waals surface area contributed by atoms with Crippen molar-refractivity contribution in [1.82, 2.24) is 9.88 Å². The van der Waals surface area contributed by atoms with Gasteiger partial charge >= 0.3 is 0 Å². The van der Waals surface area contributed by atoms with Crippen LogP contribution in [-0.4, -0.2) is 35.0 Å². The number of nitrogens with zero attached hydrogens (tertiary/aromatic N) is 2. The van der Waals surface area contributed by atoms with Crippen molar-refractivity contribution in [3.8, 4) is 0 Å². The van der Waals surface area contributed by atoms with E-state index in [2.05, 4.69) is 16.4 Å². The Morgan fingerprint density at radius 3 is 2.86 bits per heavy atom. The van der Waals surface area contributed by atoms with Crippen molar-refractivity contribution < 1.29 is 9.53 Å². The van der Waals surface area contributed by atoms with E-state index >= 15 is 0 Å². The van der Waals surface area contributed by atoms with Gasteiger partial charge in [0, 0.05) is 32.1 Å². The molecule has 1 amide bonds. The number of hydrogen-bond acceptors (Lipinski definition) is 4. The predicted octanol–water partition coefficient (Wildman–Crippen LogP) is 2.89. The highest BCUT2D eigenvalue weighted by molar-refractivity contribution is 7.07. The Hall–Kier alpha value is -1.72. The third-order valence-corrected chi connectivity index (χ3v) is 4.59. The molecule has 3 heterocycles. The van der Waals surface area contributed by atoms with Gasteiger partial charge in [0.1, 0.15) is 0 Å². The molecule has 3 rings (SSSR count). The number of carbonyl (C=O) groups is 1. The van der Waals surface area contributed by atoms with Crippen LogP contribution in [0, 0.1) is 0 Å². The fourth-order valence-electron chi connectivity index (χ4n) is 2.68. The molecule has 0 unspecified atom stereocenters. The fraction of sp³-hybridized carbons (Fsp3) is 0.412. The molecule has 116 valence electrons. The quantitative estimate of drug-likeness (QED) is 0.823. The zero-order chi connectivity index (χ0) is 15.2. The third-order valence-electron chi connectivity index (χ3n) is 3.86. The maximum absolute atomic E-state index is 12.7. The lowest BCUT2D eigenvalue weighted by Crippen LogP contribution is -2.37. The molecule has 0 aromatic carbocycles. The summed E-state index contributed by atoms with van der Waals surface area (Å²) in [5.41, 5.74) is 2.19.